The first-order valence-corrected chi connectivity index (χ1v) is 9.94. The summed E-state index contributed by atoms with van der Waals surface area (Å²) in [7, 11) is 0. The predicted molar refractivity (Wildman–Crippen MR) is 102 cm³/mol. The van der Waals surface area contributed by atoms with Gasteiger partial charge in [0.15, 0.2) is 5.16 Å². The molecule has 1 saturated heterocycles. The van der Waals surface area contributed by atoms with Crippen molar-refractivity contribution in [3.63, 3.8) is 0 Å². The van der Waals surface area contributed by atoms with E-state index in [4.69, 9.17) is 4.74 Å². The molecule has 7 heteroatoms. The lowest BCUT2D eigenvalue weighted by Crippen LogP contribution is -2.43. The van der Waals surface area contributed by atoms with Crippen molar-refractivity contribution in [1.82, 2.24) is 14.9 Å². The number of likely N-dealkylation sites (tertiary alicyclic amines) is 1. The predicted octanol–water partition coefficient (Wildman–Crippen LogP) is 3.15. The summed E-state index contributed by atoms with van der Waals surface area (Å²) in [5.41, 5.74) is 3.07. The summed E-state index contributed by atoms with van der Waals surface area (Å²) in [5.74, 6) is -0.130. The Morgan fingerprint density at radius 2 is 2.12 bits per heavy atom. The van der Waals surface area contributed by atoms with Crippen LogP contribution in [0.3, 0.4) is 0 Å². The molecule has 1 atom stereocenters. The summed E-state index contributed by atoms with van der Waals surface area (Å²) in [5, 5.41) is 0.531. The van der Waals surface area contributed by atoms with Crippen LogP contribution in [0.5, 0.6) is 0 Å². The van der Waals surface area contributed by atoms with Gasteiger partial charge in [0.1, 0.15) is 0 Å². The minimum absolute atomic E-state index is 0.0828. The molecule has 1 N–H and O–H groups in total. The number of H-pyrrole nitrogens is 1. The fraction of sp³-hybridized carbons (Fsp3) is 0.526. The van der Waals surface area contributed by atoms with Crippen LogP contribution in [-0.2, 0) is 14.3 Å². The molecule has 3 rings (SSSR count). The van der Waals surface area contributed by atoms with E-state index in [1.807, 2.05) is 37.8 Å². The fourth-order valence-corrected chi connectivity index (χ4v) is 4.13. The van der Waals surface area contributed by atoms with Crippen molar-refractivity contribution in [3.05, 3.63) is 23.8 Å². The fourth-order valence-electron chi connectivity index (χ4n) is 3.23. The van der Waals surface area contributed by atoms with Gasteiger partial charge in [-0.25, -0.2) is 4.98 Å². The molecule has 1 aromatic carbocycles. The van der Waals surface area contributed by atoms with Crippen LogP contribution in [0.25, 0.3) is 11.0 Å². The monoisotopic (exact) mass is 375 g/mol. The van der Waals surface area contributed by atoms with E-state index in [-0.39, 0.29) is 23.0 Å². The number of hydrogen-bond acceptors (Lipinski definition) is 5. The molecule has 2 heterocycles. The molecule has 1 aliphatic heterocycles. The molecular formula is C19H25N3O3S. The maximum atomic E-state index is 12.7. The van der Waals surface area contributed by atoms with Gasteiger partial charge in [-0.2, -0.15) is 0 Å². The number of amides is 1. The average Bonchev–Trinajstić information content (AvgIpc) is 3.02. The lowest BCUT2D eigenvalue weighted by molar-refractivity contribution is -0.151. The first-order valence-electron chi connectivity index (χ1n) is 9.06. The van der Waals surface area contributed by atoms with Gasteiger partial charge < -0.3 is 14.6 Å². The topological polar surface area (TPSA) is 75.3 Å². The molecule has 0 saturated carbocycles. The number of esters is 1. The van der Waals surface area contributed by atoms with Gasteiger partial charge in [-0.3, -0.25) is 9.59 Å². The quantitative estimate of drug-likeness (QED) is 0.642. The van der Waals surface area contributed by atoms with E-state index in [9.17, 15) is 9.59 Å². The van der Waals surface area contributed by atoms with E-state index < -0.39 is 0 Å². The second-order valence-electron chi connectivity index (χ2n) is 6.67. The second-order valence-corrected chi connectivity index (χ2v) is 8.00. The molecule has 140 valence electrons. The van der Waals surface area contributed by atoms with E-state index in [0.29, 0.717) is 32.5 Å². The van der Waals surface area contributed by atoms with Crippen LogP contribution < -0.4 is 0 Å². The molecule has 0 spiro atoms. The lowest BCUT2D eigenvalue weighted by Gasteiger charge is -2.32. The van der Waals surface area contributed by atoms with Gasteiger partial charge in [-0.1, -0.05) is 17.8 Å². The number of aromatic nitrogens is 2. The van der Waals surface area contributed by atoms with E-state index in [0.717, 1.165) is 16.2 Å². The van der Waals surface area contributed by atoms with Crippen LogP contribution in [0.2, 0.25) is 0 Å². The summed E-state index contributed by atoms with van der Waals surface area (Å²) in [6.45, 7) is 7.37. The number of imidazole rings is 1. The Morgan fingerprint density at radius 3 is 2.81 bits per heavy atom. The van der Waals surface area contributed by atoms with Crippen molar-refractivity contribution in [3.8, 4) is 0 Å². The zero-order valence-electron chi connectivity index (χ0n) is 15.4. The Kier molecular flexibility index (Phi) is 5.86. The number of nitrogens with one attached hydrogen (secondary N) is 1. The minimum atomic E-state index is -0.226. The summed E-state index contributed by atoms with van der Waals surface area (Å²) in [6, 6.07) is 6.07. The Labute approximate surface area is 157 Å². The van der Waals surface area contributed by atoms with Crippen molar-refractivity contribution in [2.24, 2.45) is 5.92 Å². The number of nitrogens with zero attached hydrogens (tertiary/aromatic N) is 2. The SMILES string of the molecule is CCOC(=O)C1CCN(C(=O)C(C)Sc2nc3ccc(C)cc3[nH]2)CC1. The van der Waals surface area contributed by atoms with E-state index in [1.54, 1.807) is 0 Å². The Morgan fingerprint density at radius 1 is 1.38 bits per heavy atom. The van der Waals surface area contributed by atoms with Crippen LogP contribution in [0.15, 0.2) is 23.4 Å². The van der Waals surface area contributed by atoms with Crippen LogP contribution >= 0.6 is 11.8 Å². The number of aromatic amines is 1. The van der Waals surface area contributed by atoms with Gasteiger partial charge in [0.05, 0.1) is 28.8 Å². The minimum Gasteiger partial charge on any atom is -0.466 e. The number of thioether (sulfide) groups is 1. The number of hydrogen-bond donors (Lipinski definition) is 1. The van der Waals surface area contributed by atoms with Crippen LogP contribution in [0.4, 0.5) is 0 Å². The van der Waals surface area contributed by atoms with Gasteiger partial charge in [0, 0.05) is 13.1 Å². The first-order chi connectivity index (χ1) is 12.5. The molecule has 1 aromatic heterocycles. The third-order valence-corrected chi connectivity index (χ3v) is 5.65. The molecule has 0 bridgehead atoms. The van der Waals surface area contributed by atoms with Gasteiger partial charge in [-0.05, 0) is 51.3 Å². The number of benzene rings is 1. The summed E-state index contributed by atoms with van der Waals surface area (Å²) in [4.78, 5) is 34.2. The normalized spacial score (nSPS) is 16.7. The molecule has 1 amide bonds. The van der Waals surface area contributed by atoms with Gasteiger partial charge in [0.2, 0.25) is 5.91 Å². The molecule has 1 aliphatic rings. The van der Waals surface area contributed by atoms with Gasteiger partial charge in [-0.15, -0.1) is 0 Å². The highest BCUT2D eigenvalue weighted by molar-refractivity contribution is 8.00. The average molecular weight is 375 g/mol. The smallest absolute Gasteiger partial charge is 0.309 e. The van der Waals surface area contributed by atoms with Crippen LogP contribution in [0, 0.1) is 12.8 Å². The summed E-state index contributed by atoms with van der Waals surface area (Å²) >= 11 is 1.44. The van der Waals surface area contributed by atoms with Crippen LogP contribution in [-0.4, -0.2) is 51.7 Å². The Bertz CT molecular complexity index is 796. The molecule has 0 radical (unpaired) electrons. The Hall–Kier alpha value is -2.02. The standard InChI is InChI=1S/C19H25N3O3S/c1-4-25-18(24)14-7-9-22(10-8-14)17(23)13(3)26-19-20-15-6-5-12(2)11-16(15)21-19/h5-6,11,13-14H,4,7-10H2,1-3H3,(H,20,21). The number of aryl methyl sites for hydroxylation is 1. The zero-order valence-corrected chi connectivity index (χ0v) is 16.3. The van der Waals surface area contributed by atoms with E-state index in [1.165, 1.54) is 17.3 Å². The zero-order chi connectivity index (χ0) is 18.7. The van der Waals surface area contributed by atoms with Gasteiger partial charge in [0.25, 0.3) is 0 Å². The van der Waals surface area contributed by atoms with Crippen LogP contribution in [0.1, 0.15) is 32.3 Å². The maximum Gasteiger partial charge on any atom is 0.309 e. The molecule has 6 nitrogen and oxygen atoms in total. The molecule has 26 heavy (non-hydrogen) atoms. The van der Waals surface area contributed by atoms with Gasteiger partial charge >= 0.3 is 5.97 Å². The number of piperidine rings is 1. The maximum absolute atomic E-state index is 12.7. The third kappa shape index (κ3) is 4.20. The third-order valence-electron chi connectivity index (χ3n) is 4.68. The van der Waals surface area contributed by atoms with Crippen molar-refractivity contribution in [2.75, 3.05) is 19.7 Å². The number of rotatable bonds is 5. The number of fused-ring (bicyclic) bond motifs is 1. The highest BCUT2D eigenvalue weighted by Gasteiger charge is 2.30. The highest BCUT2D eigenvalue weighted by atomic mass is 32.2. The van der Waals surface area contributed by atoms with Crippen molar-refractivity contribution in [2.45, 2.75) is 44.0 Å². The molecule has 1 fully saturated rings. The summed E-state index contributed by atoms with van der Waals surface area (Å²) in [6.07, 6.45) is 1.34. The second kappa shape index (κ2) is 8.12. The molecule has 2 aromatic rings. The number of carbonyl (C=O) groups is 2. The Balaban J connectivity index is 1.57. The summed E-state index contributed by atoms with van der Waals surface area (Å²) < 4.78 is 5.08. The van der Waals surface area contributed by atoms with E-state index >= 15 is 0 Å². The van der Waals surface area contributed by atoms with E-state index in [2.05, 4.69) is 16.0 Å². The number of carbonyl (C=O) groups excluding carboxylic acids is 2. The highest BCUT2D eigenvalue weighted by Crippen LogP contribution is 2.27. The number of ether oxygens (including phenoxy) is 1. The molecule has 0 aliphatic carbocycles. The van der Waals surface area contributed by atoms with Crippen molar-refractivity contribution in [1.29, 1.82) is 0 Å². The molecular weight excluding hydrogens is 350 g/mol. The largest absolute Gasteiger partial charge is 0.466 e. The van der Waals surface area contributed by atoms with Crippen molar-refractivity contribution < 1.29 is 14.3 Å². The molecule has 1 unspecified atom stereocenters. The first kappa shape index (κ1) is 18.8. The van der Waals surface area contributed by atoms with Crippen molar-refractivity contribution >= 4 is 34.7 Å². The lowest BCUT2D eigenvalue weighted by atomic mass is 9.97.